The van der Waals surface area contributed by atoms with Gasteiger partial charge in [0.25, 0.3) is 5.91 Å². The number of benzene rings is 2. The molecule has 0 bridgehead atoms. The Bertz CT molecular complexity index is 754. The van der Waals surface area contributed by atoms with Gasteiger partial charge < -0.3 is 15.4 Å². The van der Waals surface area contributed by atoms with Gasteiger partial charge in [-0.15, -0.1) is 0 Å². The zero-order valence-electron chi connectivity index (χ0n) is 13.0. The Balaban J connectivity index is 1.68. The number of nitrogens with one attached hydrogen (secondary N) is 2. The van der Waals surface area contributed by atoms with Gasteiger partial charge in [-0.25, -0.2) is 4.39 Å². The van der Waals surface area contributed by atoms with Crippen molar-refractivity contribution >= 4 is 35.0 Å². The lowest BCUT2D eigenvalue weighted by molar-refractivity contribution is -0.120. The summed E-state index contributed by atoms with van der Waals surface area (Å²) < 4.78 is 18.1. The highest BCUT2D eigenvalue weighted by atomic mass is 35.5. The van der Waals surface area contributed by atoms with Gasteiger partial charge in [0.1, 0.15) is 18.2 Å². The fraction of sp³-hybridized carbons (Fsp3) is 0.176. The summed E-state index contributed by atoms with van der Waals surface area (Å²) in [4.78, 5) is 23.6. The van der Waals surface area contributed by atoms with Crippen molar-refractivity contribution < 1.29 is 18.7 Å². The van der Waals surface area contributed by atoms with E-state index in [4.69, 9.17) is 27.9 Å². The lowest BCUT2D eigenvalue weighted by Gasteiger charge is -2.09. The molecule has 132 valence electrons. The molecule has 0 radical (unpaired) electrons. The topological polar surface area (TPSA) is 67.4 Å². The zero-order chi connectivity index (χ0) is 18.2. The Labute approximate surface area is 154 Å². The second-order valence-corrected chi connectivity index (χ2v) is 5.80. The summed E-state index contributed by atoms with van der Waals surface area (Å²) in [5, 5.41) is 5.67. The van der Waals surface area contributed by atoms with Crippen LogP contribution in [0.4, 0.5) is 4.39 Å². The standard InChI is InChI=1S/C17H15Cl2FN2O3/c18-11-1-6-14(15(19)9-11)17(24)22-10-16(23)21-7-8-25-13-4-2-12(20)3-5-13/h1-6,9H,7-8,10H2,(H,21,23)(H,22,24). The first-order chi connectivity index (χ1) is 12.0. The van der Waals surface area contributed by atoms with E-state index in [1.165, 1.54) is 42.5 Å². The maximum Gasteiger partial charge on any atom is 0.253 e. The molecule has 8 heteroatoms. The highest BCUT2D eigenvalue weighted by molar-refractivity contribution is 6.36. The van der Waals surface area contributed by atoms with Crippen LogP contribution in [0.2, 0.25) is 10.0 Å². The fourth-order valence-electron chi connectivity index (χ4n) is 1.88. The summed E-state index contributed by atoms with van der Waals surface area (Å²) in [5.74, 6) is -0.695. The third kappa shape index (κ3) is 6.25. The third-order valence-corrected chi connectivity index (χ3v) is 3.64. The minimum atomic E-state index is -0.473. The van der Waals surface area contributed by atoms with Crippen LogP contribution in [0.15, 0.2) is 42.5 Å². The van der Waals surface area contributed by atoms with Crippen molar-refractivity contribution in [1.82, 2.24) is 10.6 Å². The van der Waals surface area contributed by atoms with Crippen LogP contribution in [0.5, 0.6) is 5.75 Å². The third-order valence-electron chi connectivity index (χ3n) is 3.09. The molecule has 2 N–H and O–H groups in total. The minimum Gasteiger partial charge on any atom is -0.492 e. The molecule has 0 aliphatic carbocycles. The first kappa shape index (κ1) is 19.0. The van der Waals surface area contributed by atoms with Crippen LogP contribution in [0.1, 0.15) is 10.4 Å². The SMILES string of the molecule is O=C(CNC(=O)c1ccc(Cl)cc1Cl)NCCOc1ccc(F)cc1. The number of carbonyl (C=O) groups excluding carboxylic acids is 2. The summed E-state index contributed by atoms with van der Waals surface area (Å²) in [6.07, 6.45) is 0. The van der Waals surface area contributed by atoms with E-state index >= 15 is 0 Å². The minimum absolute atomic E-state index is 0.200. The molecular weight excluding hydrogens is 370 g/mol. The number of ether oxygens (including phenoxy) is 1. The molecule has 0 spiro atoms. The second-order valence-electron chi connectivity index (χ2n) is 4.96. The predicted molar refractivity (Wildman–Crippen MR) is 93.7 cm³/mol. The van der Waals surface area contributed by atoms with E-state index in [0.717, 1.165) is 0 Å². The molecule has 0 saturated carbocycles. The largest absolute Gasteiger partial charge is 0.492 e. The maximum absolute atomic E-state index is 12.7. The Morgan fingerprint density at radius 1 is 1.04 bits per heavy atom. The quantitative estimate of drug-likeness (QED) is 0.720. The van der Waals surface area contributed by atoms with E-state index in [9.17, 15) is 14.0 Å². The van der Waals surface area contributed by atoms with E-state index in [1.807, 2.05) is 0 Å². The number of hydrogen-bond acceptors (Lipinski definition) is 3. The molecule has 2 aromatic carbocycles. The van der Waals surface area contributed by atoms with Crippen molar-refractivity contribution in [2.75, 3.05) is 19.7 Å². The van der Waals surface area contributed by atoms with E-state index in [1.54, 1.807) is 0 Å². The fourth-order valence-corrected chi connectivity index (χ4v) is 2.38. The summed E-state index contributed by atoms with van der Waals surface area (Å²) >= 11 is 11.7. The molecule has 0 saturated heterocycles. The van der Waals surface area contributed by atoms with E-state index in [2.05, 4.69) is 10.6 Å². The number of rotatable bonds is 7. The van der Waals surface area contributed by atoms with Gasteiger partial charge in [0, 0.05) is 5.02 Å². The van der Waals surface area contributed by atoms with Gasteiger partial charge in [-0.3, -0.25) is 9.59 Å². The van der Waals surface area contributed by atoms with Crippen LogP contribution >= 0.6 is 23.2 Å². The van der Waals surface area contributed by atoms with Gasteiger partial charge in [-0.2, -0.15) is 0 Å². The van der Waals surface area contributed by atoms with Crippen LogP contribution in [0.3, 0.4) is 0 Å². The molecule has 0 heterocycles. The number of amides is 2. The van der Waals surface area contributed by atoms with Crippen LogP contribution in [-0.4, -0.2) is 31.5 Å². The van der Waals surface area contributed by atoms with Crippen molar-refractivity contribution in [3.63, 3.8) is 0 Å². The molecule has 0 unspecified atom stereocenters. The number of halogens is 3. The average molecular weight is 385 g/mol. The summed E-state index contributed by atoms with van der Waals surface area (Å²) in [5.41, 5.74) is 0.235. The molecule has 5 nitrogen and oxygen atoms in total. The highest BCUT2D eigenvalue weighted by Crippen LogP contribution is 2.20. The van der Waals surface area contributed by atoms with Crippen LogP contribution < -0.4 is 15.4 Å². The van der Waals surface area contributed by atoms with Gasteiger partial charge in [-0.1, -0.05) is 23.2 Å². The molecule has 2 rings (SSSR count). The van der Waals surface area contributed by atoms with Crippen LogP contribution in [-0.2, 0) is 4.79 Å². The van der Waals surface area contributed by atoms with Crippen LogP contribution in [0, 0.1) is 5.82 Å². The Morgan fingerprint density at radius 2 is 1.76 bits per heavy atom. The van der Waals surface area contributed by atoms with Crippen molar-refractivity contribution in [1.29, 1.82) is 0 Å². The summed E-state index contributed by atoms with van der Waals surface area (Å²) in [6.45, 7) is 0.260. The molecule has 2 amide bonds. The van der Waals surface area contributed by atoms with E-state index < -0.39 is 5.91 Å². The van der Waals surface area contributed by atoms with Crippen molar-refractivity contribution in [3.8, 4) is 5.75 Å². The number of hydrogen-bond donors (Lipinski definition) is 2. The predicted octanol–water partition coefficient (Wildman–Crippen LogP) is 3.06. The monoisotopic (exact) mass is 384 g/mol. The second kappa shape index (κ2) is 9.25. The summed E-state index contributed by atoms with van der Waals surface area (Å²) in [7, 11) is 0. The van der Waals surface area contributed by atoms with Crippen molar-refractivity contribution in [2.45, 2.75) is 0 Å². The van der Waals surface area contributed by atoms with Crippen LogP contribution in [0.25, 0.3) is 0 Å². The maximum atomic E-state index is 12.7. The Morgan fingerprint density at radius 3 is 2.44 bits per heavy atom. The Hall–Kier alpha value is -2.31. The van der Waals surface area contributed by atoms with Gasteiger partial charge in [0.15, 0.2) is 0 Å². The van der Waals surface area contributed by atoms with Crippen molar-refractivity contribution in [3.05, 3.63) is 63.9 Å². The Kier molecular flexibility index (Phi) is 7.03. The lowest BCUT2D eigenvalue weighted by atomic mass is 10.2. The van der Waals surface area contributed by atoms with Crippen molar-refractivity contribution in [2.24, 2.45) is 0 Å². The molecule has 0 fully saturated rings. The molecule has 0 aromatic heterocycles. The summed E-state index contributed by atoms with van der Waals surface area (Å²) in [6, 6.07) is 10.0. The average Bonchev–Trinajstić information content (AvgIpc) is 2.58. The van der Waals surface area contributed by atoms with Gasteiger partial charge in [-0.05, 0) is 42.5 Å². The first-order valence-electron chi connectivity index (χ1n) is 7.34. The smallest absolute Gasteiger partial charge is 0.253 e. The van der Waals surface area contributed by atoms with Gasteiger partial charge >= 0.3 is 0 Å². The molecular formula is C17H15Cl2FN2O3. The highest BCUT2D eigenvalue weighted by Gasteiger charge is 2.11. The molecule has 0 atom stereocenters. The molecule has 0 aliphatic heterocycles. The lowest BCUT2D eigenvalue weighted by Crippen LogP contribution is -2.38. The van der Waals surface area contributed by atoms with Gasteiger partial charge in [0.05, 0.1) is 23.7 Å². The molecule has 2 aromatic rings. The zero-order valence-corrected chi connectivity index (χ0v) is 14.5. The van der Waals surface area contributed by atoms with E-state index in [-0.39, 0.29) is 42.0 Å². The van der Waals surface area contributed by atoms with E-state index in [0.29, 0.717) is 10.8 Å². The normalized spacial score (nSPS) is 10.2. The first-order valence-corrected chi connectivity index (χ1v) is 8.09. The molecule has 25 heavy (non-hydrogen) atoms. The van der Waals surface area contributed by atoms with Gasteiger partial charge in [0.2, 0.25) is 5.91 Å². The number of carbonyl (C=O) groups is 2. The molecule has 0 aliphatic rings.